The smallest absolute Gasteiger partial charge is 0.179 e. The molecule has 0 aliphatic carbocycles. The fourth-order valence-electron chi connectivity index (χ4n) is 1.51. The maximum Gasteiger partial charge on any atom is 0.179 e. The van der Waals surface area contributed by atoms with Crippen molar-refractivity contribution in [2.45, 2.75) is 30.1 Å². The maximum absolute atomic E-state index is 12.2. The second kappa shape index (κ2) is 7.67. The third-order valence-corrected chi connectivity index (χ3v) is 6.34. The van der Waals surface area contributed by atoms with Gasteiger partial charge in [-0.3, -0.25) is 0 Å². The molecule has 4 N–H and O–H groups in total. The van der Waals surface area contributed by atoms with E-state index in [1.165, 1.54) is 23.9 Å². The minimum absolute atomic E-state index is 0.0244. The molecule has 2 atom stereocenters. The highest BCUT2D eigenvalue weighted by atomic mass is 32.2. The first kappa shape index (κ1) is 17.8. The number of amidine groups is 1. The van der Waals surface area contributed by atoms with E-state index >= 15 is 0 Å². The van der Waals surface area contributed by atoms with E-state index < -0.39 is 15.9 Å². The summed E-state index contributed by atoms with van der Waals surface area (Å²) in [6, 6.07) is 5.98. The van der Waals surface area contributed by atoms with E-state index in [0.29, 0.717) is 11.3 Å². The average molecular weight is 332 g/mol. The summed E-state index contributed by atoms with van der Waals surface area (Å²) in [5.41, 5.74) is 5.80. The van der Waals surface area contributed by atoms with Crippen molar-refractivity contribution < 1.29 is 18.7 Å². The molecule has 0 radical (unpaired) electrons. The molecule has 0 amide bonds. The van der Waals surface area contributed by atoms with Crippen LogP contribution in [0, 0.1) is 0 Å². The molecule has 1 aromatic rings. The van der Waals surface area contributed by atoms with Gasteiger partial charge in [0, 0.05) is 16.6 Å². The van der Waals surface area contributed by atoms with Gasteiger partial charge in [-0.15, -0.1) is 0 Å². The molecule has 0 saturated heterocycles. The Bertz CT molecular complexity index is 600. The maximum atomic E-state index is 12.2. The summed E-state index contributed by atoms with van der Waals surface area (Å²) in [7, 11) is -3.44. The van der Waals surface area contributed by atoms with Crippen molar-refractivity contribution in [1.82, 2.24) is 0 Å². The van der Waals surface area contributed by atoms with Crippen molar-refractivity contribution >= 4 is 27.4 Å². The summed E-state index contributed by atoms with van der Waals surface area (Å²) < 4.78 is 24.5. The zero-order valence-corrected chi connectivity index (χ0v) is 13.6. The molecule has 1 aromatic carbocycles. The predicted octanol–water partition coefficient (Wildman–Crippen LogP) is 1.06. The number of nitrogens with two attached hydrogens (primary N) is 1. The Labute approximate surface area is 129 Å². The molecule has 0 heterocycles. The van der Waals surface area contributed by atoms with Gasteiger partial charge in [0.1, 0.15) is 0 Å². The largest absolute Gasteiger partial charge is 0.409 e. The highest BCUT2D eigenvalue weighted by molar-refractivity contribution is 8.01. The van der Waals surface area contributed by atoms with Gasteiger partial charge in [-0.1, -0.05) is 24.2 Å². The van der Waals surface area contributed by atoms with E-state index in [9.17, 15) is 13.5 Å². The lowest BCUT2D eigenvalue weighted by molar-refractivity contribution is 0.196. The number of aliphatic hydroxyl groups is 1. The molecule has 2 unspecified atom stereocenters. The molecule has 0 aliphatic rings. The topological polar surface area (TPSA) is 113 Å². The predicted molar refractivity (Wildman–Crippen MR) is 84.6 cm³/mol. The molecule has 8 heteroatoms. The lowest BCUT2D eigenvalue weighted by atomic mass is 10.2. The Morgan fingerprint density at radius 2 is 2.10 bits per heavy atom. The zero-order valence-electron chi connectivity index (χ0n) is 11.9. The van der Waals surface area contributed by atoms with Crippen LogP contribution in [0.5, 0.6) is 0 Å². The first-order valence-corrected chi connectivity index (χ1v) is 9.08. The Balaban J connectivity index is 2.79. The van der Waals surface area contributed by atoms with E-state index in [2.05, 4.69) is 5.16 Å². The van der Waals surface area contributed by atoms with E-state index in [0.717, 1.165) is 0 Å². The summed E-state index contributed by atoms with van der Waals surface area (Å²) >= 11 is 1.40. The van der Waals surface area contributed by atoms with Crippen LogP contribution in [0.3, 0.4) is 0 Å². The van der Waals surface area contributed by atoms with Gasteiger partial charge in [-0.25, -0.2) is 8.42 Å². The molecule has 0 bridgehead atoms. The Hall–Kier alpha value is -1.25. The molecule has 0 aromatic heterocycles. The number of benzene rings is 1. The monoisotopic (exact) mass is 332 g/mol. The van der Waals surface area contributed by atoms with Crippen molar-refractivity contribution in [3.8, 4) is 0 Å². The van der Waals surface area contributed by atoms with Gasteiger partial charge in [0.05, 0.1) is 16.8 Å². The van der Waals surface area contributed by atoms with Crippen LogP contribution < -0.4 is 5.73 Å². The van der Waals surface area contributed by atoms with Crippen LogP contribution in [0.4, 0.5) is 0 Å². The quantitative estimate of drug-likeness (QED) is 0.298. The SMILES string of the molecule is CC(O)C(C)SCCS(=O)(=O)c1cccc(/C(N)=N/O)c1. The molecule has 0 fully saturated rings. The van der Waals surface area contributed by atoms with E-state index in [4.69, 9.17) is 10.9 Å². The van der Waals surface area contributed by atoms with Gasteiger partial charge >= 0.3 is 0 Å². The summed E-state index contributed by atoms with van der Waals surface area (Å²) in [5.74, 6) is 0.223. The van der Waals surface area contributed by atoms with Gasteiger partial charge in [0.15, 0.2) is 15.7 Å². The number of aliphatic hydroxyl groups excluding tert-OH is 1. The number of hydrogen-bond donors (Lipinski definition) is 3. The second-order valence-electron chi connectivity index (χ2n) is 4.65. The van der Waals surface area contributed by atoms with Crippen LogP contribution in [-0.2, 0) is 9.84 Å². The van der Waals surface area contributed by atoms with Gasteiger partial charge in [0.2, 0.25) is 0 Å². The van der Waals surface area contributed by atoms with Gasteiger partial charge in [0.25, 0.3) is 0 Å². The summed E-state index contributed by atoms with van der Waals surface area (Å²) in [6.07, 6.45) is -0.485. The fraction of sp³-hybridized carbons (Fsp3) is 0.462. The Morgan fingerprint density at radius 1 is 1.43 bits per heavy atom. The number of thioether (sulfide) groups is 1. The number of oxime groups is 1. The van der Waals surface area contributed by atoms with E-state index in [1.54, 1.807) is 19.1 Å². The lowest BCUT2D eigenvalue weighted by Gasteiger charge is -2.14. The van der Waals surface area contributed by atoms with Crippen LogP contribution in [0.2, 0.25) is 0 Å². The molecule has 0 saturated carbocycles. The Morgan fingerprint density at radius 3 is 2.67 bits per heavy atom. The molecule has 21 heavy (non-hydrogen) atoms. The van der Waals surface area contributed by atoms with Crippen LogP contribution in [0.1, 0.15) is 19.4 Å². The normalized spacial score (nSPS) is 15.7. The number of hydrogen-bond acceptors (Lipinski definition) is 6. The molecular formula is C13H20N2O4S2. The van der Waals surface area contributed by atoms with Gasteiger partial charge in [-0.05, 0) is 19.1 Å². The highest BCUT2D eigenvalue weighted by Crippen LogP contribution is 2.18. The van der Waals surface area contributed by atoms with Crippen molar-refractivity contribution in [2.24, 2.45) is 10.9 Å². The molecular weight excluding hydrogens is 312 g/mol. The number of sulfone groups is 1. The Kier molecular flexibility index (Phi) is 6.50. The first-order valence-electron chi connectivity index (χ1n) is 6.38. The molecule has 6 nitrogen and oxygen atoms in total. The summed E-state index contributed by atoms with van der Waals surface area (Å²) in [4.78, 5) is 0.136. The van der Waals surface area contributed by atoms with Crippen molar-refractivity contribution in [3.63, 3.8) is 0 Å². The fourth-order valence-corrected chi connectivity index (χ4v) is 4.25. The van der Waals surface area contributed by atoms with Crippen LogP contribution in [0.25, 0.3) is 0 Å². The van der Waals surface area contributed by atoms with Crippen molar-refractivity contribution in [1.29, 1.82) is 0 Å². The summed E-state index contributed by atoms with van der Waals surface area (Å²) in [5, 5.41) is 20.8. The summed E-state index contributed by atoms with van der Waals surface area (Å²) in [6.45, 7) is 3.52. The first-order chi connectivity index (χ1) is 9.77. The molecule has 1 rings (SSSR count). The minimum atomic E-state index is -3.44. The average Bonchev–Trinajstić information content (AvgIpc) is 2.46. The van der Waals surface area contributed by atoms with Crippen molar-refractivity contribution in [2.75, 3.05) is 11.5 Å². The van der Waals surface area contributed by atoms with Crippen LogP contribution in [-0.4, -0.2) is 47.4 Å². The second-order valence-corrected chi connectivity index (χ2v) is 8.24. The molecule has 118 valence electrons. The standard InChI is InChI=1S/C13H20N2O4S2/c1-9(16)10(2)20-6-7-21(18,19)12-5-3-4-11(8-12)13(14)15-17/h3-5,8-10,16-17H,6-7H2,1-2H3,(H2,14,15). The van der Waals surface area contributed by atoms with Gasteiger partial charge in [-0.2, -0.15) is 11.8 Å². The van der Waals surface area contributed by atoms with E-state index in [1.807, 2.05) is 6.92 Å². The number of rotatable bonds is 7. The van der Waals surface area contributed by atoms with Crippen LogP contribution in [0.15, 0.2) is 34.3 Å². The molecule has 0 aliphatic heterocycles. The minimum Gasteiger partial charge on any atom is -0.409 e. The number of nitrogens with zero attached hydrogens (tertiary/aromatic N) is 1. The van der Waals surface area contributed by atoms with E-state index in [-0.39, 0.29) is 21.7 Å². The third kappa shape index (κ3) is 5.22. The molecule has 0 spiro atoms. The van der Waals surface area contributed by atoms with Gasteiger partial charge < -0.3 is 16.0 Å². The zero-order chi connectivity index (χ0) is 16.0. The third-order valence-electron chi connectivity index (χ3n) is 3.01. The highest BCUT2D eigenvalue weighted by Gasteiger charge is 2.17. The lowest BCUT2D eigenvalue weighted by Crippen LogP contribution is -2.18. The van der Waals surface area contributed by atoms with Crippen LogP contribution >= 0.6 is 11.8 Å². The van der Waals surface area contributed by atoms with Crippen molar-refractivity contribution in [3.05, 3.63) is 29.8 Å².